The molecule has 0 spiro atoms. The number of nitrogens with one attached hydrogen (secondary N) is 1. The molecule has 0 heterocycles. The third-order valence-electron chi connectivity index (χ3n) is 2.68. The van der Waals surface area contributed by atoms with Crippen molar-refractivity contribution in [2.75, 3.05) is 11.9 Å². The van der Waals surface area contributed by atoms with E-state index in [1.54, 1.807) is 0 Å². The predicted octanol–water partition coefficient (Wildman–Crippen LogP) is 3.06. The molecule has 4 nitrogen and oxygen atoms in total. The van der Waals surface area contributed by atoms with Gasteiger partial charge < -0.3 is 10.1 Å². The van der Waals surface area contributed by atoms with Crippen LogP contribution in [0.5, 0.6) is 0 Å². The zero-order valence-electron chi connectivity index (χ0n) is 11.6. The Hall–Kier alpha value is -1.84. The normalized spacial score (nSPS) is 10.0. The molecule has 1 rings (SSSR count). The summed E-state index contributed by atoms with van der Waals surface area (Å²) in [4.78, 5) is 22.9. The van der Waals surface area contributed by atoms with E-state index < -0.39 is 0 Å². The van der Waals surface area contributed by atoms with Gasteiger partial charge in [-0.15, -0.1) is 0 Å². The van der Waals surface area contributed by atoms with Gasteiger partial charge in [0.15, 0.2) is 6.61 Å². The average molecular weight is 263 g/mol. The van der Waals surface area contributed by atoms with E-state index in [-0.39, 0.29) is 18.5 Å². The second kappa shape index (κ2) is 8.29. The maximum atomic E-state index is 11.5. The van der Waals surface area contributed by atoms with Crippen molar-refractivity contribution in [3.05, 3.63) is 29.8 Å². The number of ether oxygens (including phenoxy) is 1. The predicted molar refractivity (Wildman–Crippen MR) is 74.9 cm³/mol. The van der Waals surface area contributed by atoms with E-state index in [0.717, 1.165) is 24.8 Å². The lowest BCUT2D eigenvalue weighted by molar-refractivity contribution is -0.147. The number of rotatable bonds is 7. The number of unbranched alkanes of at least 4 members (excludes halogenated alkanes) is 2. The molecule has 0 aliphatic rings. The van der Waals surface area contributed by atoms with Crippen molar-refractivity contribution in [3.8, 4) is 0 Å². The number of hydrogen-bond acceptors (Lipinski definition) is 3. The Morgan fingerprint density at radius 1 is 1.16 bits per heavy atom. The molecule has 0 aromatic heterocycles. The number of benzene rings is 1. The van der Waals surface area contributed by atoms with Crippen LogP contribution in [0.25, 0.3) is 0 Å². The van der Waals surface area contributed by atoms with Crippen molar-refractivity contribution in [2.45, 2.75) is 39.5 Å². The molecule has 0 aliphatic carbocycles. The highest BCUT2D eigenvalue weighted by molar-refractivity contribution is 5.92. The van der Waals surface area contributed by atoms with Crippen LogP contribution in [0.15, 0.2) is 24.3 Å². The SMILES string of the molecule is CCCCCC(=O)OCC(=O)Nc1ccc(C)cc1. The summed E-state index contributed by atoms with van der Waals surface area (Å²) in [6.45, 7) is 3.82. The molecule has 1 N–H and O–H groups in total. The summed E-state index contributed by atoms with van der Waals surface area (Å²) in [5.41, 5.74) is 1.83. The zero-order chi connectivity index (χ0) is 14.1. The van der Waals surface area contributed by atoms with Crippen molar-refractivity contribution in [1.82, 2.24) is 0 Å². The molecule has 0 unspecified atom stereocenters. The Morgan fingerprint density at radius 2 is 1.84 bits per heavy atom. The molecule has 0 aliphatic heterocycles. The van der Waals surface area contributed by atoms with Gasteiger partial charge in [-0.05, 0) is 25.5 Å². The molecular formula is C15H21NO3. The van der Waals surface area contributed by atoms with Crippen molar-refractivity contribution in [3.63, 3.8) is 0 Å². The first-order valence-electron chi connectivity index (χ1n) is 6.64. The van der Waals surface area contributed by atoms with E-state index in [2.05, 4.69) is 12.2 Å². The van der Waals surface area contributed by atoms with Gasteiger partial charge in [0.25, 0.3) is 5.91 Å². The summed E-state index contributed by atoms with van der Waals surface area (Å²) in [7, 11) is 0. The maximum absolute atomic E-state index is 11.5. The monoisotopic (exact) mass is 263 g/mol. The lowest BCUT2D eigenvalue weighted by Crippen LogP contribution is -2.20. The van der Waals surface area contributed by atoms with E-state index >= 15 is 0 Å². The second-order valence-corrected chi connectivity index (χ2v) is 4.53. The highest BCUT2D eigenvalue weighted by Crippen LogP contribution is 2.08. The standard InChI is InChI=1S/C15H21NO3/c1-3-4-5-6-15(18)19-11-14(17)16-13-9-7-12(2)8-10-13/h7-10H,3-6,11H2,1-2H3,(H,16,17). The van der Waals surface area contributed by atoms with Crippen LogP contribution in [-0.2, 0) is 14.3 Å². The molecule has 1 amide bonds. The summed E-state index contributed by atoms with van der Waals surface area (Å²) >= 11 is 0. The summed E-state index contributed by atoms with van der Waals surface area (Å²) < 4.78 is 4.90. The lowest BCUT2D eigenvalue weighted by Gasteiger charge is -2.06. The Morgan fingerprint density at radius 3 is 2.47 bits per heavy atom. The van der Waals surface area contributed by atoms with Crippen LogP contribution in [0, 0.1) is 6.92 Å². The molecular weight excluding hydrogens is 242 g/mol. The Balaban J connectivity index is 2.24. The summed E-state index contributed by atoms with van der Waals surface area (Å²) in [5.74, 6) is -0.625. The van der Waals surface area contributed by atoms with Gasteiger partial charge in [-0.3, -0.25) is 9.59 Å². The summed E-state index contributed by atoms with van der Waals surface area (Å²) in [5, 5.41) is 2.68. The van der Waals surface area contributed by atoms with Gasteiger partial charge in [-0.1, -0.05) is 37.5 Å². The van der Waals surface area contributed by atoms with E-state index in [1.807, 2.05) is 31.2 Å². The van der Waals surface area contributed by atoms with Crippen molar-refractivity contribution in [1.29, 1.82) is 0 Å². The van der Waals surface area contributed by atoms with Crippen LogP contribution in [-0.4, -0.2) is 18.5 Å². The fourth-order valence-electron chi connectivity index (χ4n) is 1.57. The molecule has 0 saturated carbocycles. The fourth-order valence-corrected chi connectivity index (χ4v) is 1.57. The molecule has 4 heteroatoms. The molecule has 104 valence electrons. The average Bonchev–Trinajstić information content (AvgIpc) is 2.39. The van der Waals surface area contributed by atoms with Crippen molar-refractivity contribution < 1.29 is 14.3 Å². The van der Waals surface area contributed by atoms with Gasteiger partial charge in [0.05, 0.1) is 0 Å². The van der Waals surface area contributed by atoms with Gasteiger partial charge in [0, 0.05) is 12.1 Å². The van der Waals surface area contributed by atoms with Crippen LogP contribution in [0.1, 0.15) is 38.2 Å². The maximum Gasteiger partial charge on any atom is 0.306 e. The third kappa shape index (κ3) is 6.60. The van der Waals surface area contributed by atoms with Gasteiger partial charge in [-0.2, -0.15) is 0 Å². The molecule has 0 saturated heterocycles. The van der Waals surface area contributed by atoms with Crippen molar-refractivity contribution in [2.24, 2.45) is 0 Å². The lowest BCUT2D eigenvalue weighted by atomic mass is 10.2. The number of amides is 1. The fraction of sp³-hybridized carbons (Fsp3) is 0.467. The van der Waals surface area contributed by atoms with Crippen LogP contribution in [0.2, 0.25) is 0 Å². The second-order valence-electron chi connectivity index (χ2n) is 4.53. The summed E-state index contributed by atoms with van der Waals surface area (Å²) in [6, 6.07) is 7.45. The quantitative estimate of drug-likeness (QED) is 0.607. The molecule has 0 fully saturated rings. The van der Waals surface area contributed by atoms with Crippen LogP contribution in [0.4, 0.5) is 5.69 Å². The highest BCUT2D eigenvalue weighted by Gasteiger charge is 2.07. The Kier molecular flexibility index (Phi) is 6.64. The smallest absolute Gasteiger partial charge is 0.306 e. The molecule has 0 bridgehead atoms. The van der Waals surface area contributed by atoms with Crippen molar-refractivity contribution >= 4 is 17.6 Å². The third-order valence-corrected chi connectivity index (χ3v) is 2.68. The Bertz CT molecular complexity index is 412. The number of carbonyl (C=O) groups is 2. The number of esters is 1. The Labute approximate surface area is 114 Å². The van der Waals surface area contributed by atoms with Gasteiger partial charge in [0.2, 0.25) is 0 Å². The van der Waals surface area contributed by atoms with Crippen LogP contribution >= 0.6 is 0 Å². The molecule has 1 aromatic carbocycles. The number of aryl methyl sites for hydroxylation is 1. The van der Waals surface area contributed by atoms with Gasteiger partial charge in [0.1, 0.15) is 0 Å². The number of anilines is 1. The number of carbonyl (C=O) groups excluding carboxylic acids is 2. The molecule has 0 atom stereocenters. The van der Waals surface area contributed by atoms with Crippen LogP contribution in [0.3, 0.4) is 0 Å². The first kappa shape index (κ1) is 15.2. The highest BCUT2D eigenvalue weighted by atomic mass is 16.5. The molecule has 19 heavy (non-hydrogen) atoms. The van der Waals surface area contributed by atoms with Gasteiger partial charge in [-0.25, -0.2) is 0 Å². The first-order chi connectivity index (χ1) is 9.11. The van der Waals surface area contributed by atoms with E-state index in [0.29, 0.717) is 12.1 Å². The minimum Gasteiger partial charge on any atom is -0.456 e. The number of hydrogen-bond donors (Lipinski definition) is 1. The first-order valence-corrected chi connectivity index (χ1v) is 6.64. The van der Waals surface area contributed by atoms with E-state index in [1.165, 1.54) is 0 Å². The molecule has 1 aromatic rings. The minimum atomic E-state index is -0.312. The van der Waals surface area contributed by atoms with E-state index in [9.17, 15) is 9.59 Å². The minimum absolute atomic E-state index is 0.223. The largest absolute Gasteiger partial charge is 0.456 e. The van der Waals surface area contributed by atoms with E-state index in [4.69, 9.17) is 4.74 Å². The summed E-state index contributed by atoms with van der Waals surface area (Å²) in [6.07, 6.45) is 3.26. The van der Waals surface area contributed by atoms with Gasteiger partial charge >= 0.3 is 5.97 Å². The molecule has 0 radical (unpaired) electrons. The topological polar surface area (TPSA) is 55.4 Å². The zero-order valence-corrected chi connectivity index (χ0v) is 11.6. The van der Waals surface area contributed by atoms with Crippen LogP contribution < -0.4 is 5.32 Å².